The van der Waals surface area contributed by atoms with E-state index in [0.29, 0.717) is 12.6 Å². The van der Waals surface area contributed by atoms with E-state index in [0.717, 1.165) is 19.4 Å². The average molecular weight is 175 g/mol. The van der Waals surface area contributed by atoms with Crippen molar-refractivity contribution in [1.82, 2.24) is 5.32 Å². The lowest BCUT2D eigenvalue weighted by Gasteiger charge is -2.06. The zero-order valence-corrected chi connectivity index (χ0v) is 9.06. The van der Waals surface area contributed by atoms with E-state index >= 15 is 0 Å². The van der Waals surface area contributed by atoms with E-state index in [4.69, 9.17) is 5.11 Å². The molecule has 76 valence electrons. The van der Waals surface area contributed by atoms with Crippen molar-refractivity contribution in [3.05, 3.63) is 0 Å². The molecule has 12 heavy (non-hydrogen) atoms. The van der Waals surface area contributed by atoms with Gasteiger partial charge in [0.05, 0.1) is 0 Å². The molecular weight excluding hydrogens is 150 g/mol. The van der Waals surface area contributed by atoms with E-state index in [1.54, 1.807) is 0 Å². The first kappa shape index (κ1) is 14.4. The molecule has 0 aromatic rings. The van der Waals surface area contributed by atoms with E-state index < -0.39 is 0 Å². The van der Waals surface area contributed by atoms with Gasteiger partial charge in [-0.25, -0.2) is 0 Å². The van der Waals surface area contributed by atoms with Gasteiger partial charge in [-0.3, -0.25) is 0 Å². The minimum Gasteiger partial charge on any atom is -0.396 e. The number of hydrogen-bond acceptors (Lipinski definition) is 2. The molecule has 0 atom stereocenters. The van der Waals surface area contributed by atoms with Crippen LogP contribution >= 0.6 is 0 Å². The number of unbranched alkanes of at least 4 members (excludes halogenated alkanes) is 2. The normalized spacial score (nSPS) is 9.50. The maximum absolute atomic E-state index is 8.45. The molecule has 0 aliphatic carbocycles. The summed E-state index contributed by atoms with van der Waals surface area (Å²) in [6.07, 6.45) is 3.26. The summed E-state index contributed by atoms with van der Waals surface area (Å²) in [5, 5.41) is 11.8. The molecule has 0 aromatic heterocycles. The smallest absolute Gasteiger partial charge is 0.0431 e. The van der Waals surface area contributed by atoms with Crippen LogP contribution in [0.3, 0.4) is 0 Å². The Morgan fingerprint density at radius 2 is 1.67 bits per heavy atom. The van der Waals surface area contributed by atoms with Crippen LogP contribution in [0.4, 0.5) is 0 Å². The number of hydrogen-bond donors (Lipinski definition) is 2. The van der Waals surface area contributed by atoms with Crippen molar-refractivity contribution >= 4 is 0 Å². The van der Waals surface area contributed by atoms with Crippen LogP contribution in [-0.2, 0) is 0 Å². The molecule has 0 unspecified atom stereocenters. The van der Waals surface area contributed by atoms with Gasteiger partial charge in [0.1, 0.15) is 0 Å². The fourth-order valence-electron chi connectivity index (χ4n) is 0.804. The Morgan fingerprint density at radius 3 is 2.08 bits per heavy atom. The van der Waals surface area contributed by atoms with Crippen molar-refractivity contribution in [3.8, 4) is 0 Å². The van der Waals surface area contributed by atoms with Gasteiger partial charge in [0.25, 0.3) is 0 Å². The van der Waals surface area contributed by atoms with Crippen molar-refractivity contribution in [3.63, 3.8) is 0 Å². The summed E-state index contributed by atoms with van der Waals surface area (Å²) in [7, 11) is 0. The summed E-state index contributed by atoms with van der Waals surface area (Å²) in [6, 6.07) is 0.592. The molecule has 0 aromatic carbocycles. The molecule has 0 saturated heterocycles. The Labute approximate surface area is 77.4 Å². The van der Waals surface area contributed by atoms with Gasteiger partial charge >= 0.3 is 0 Å². The van der Waals surface area contributed by atoms with Crippen LogP contribution in [0.2, 0.25) is 0 Å². The lowest BCUT2D eigenvalue weighted by Crippen LogP contribution is -2.23. The van der Waals surface area contributed by atoms with Crippen LogP contribution < -0.4 is 5.32 Å². The molecule has 2 heteroatoms. The first-order valence-corrected chi connectivity index (χ1v) is 5.11. The molecule has 0 aliphatic heterocycles. The fraction of sp³-hybridized carbons (Fsp3) is 1.00. The SMILES string of the molecule is CC.CC(C)NCCCCCO. The van der Waals surface area contributed by atoms with Gasteiger partial charge in [-0.05, 0) is 25.8 Å². The first-order chi connectivity index (χ1) is 5.77. The maximum atomic E-state index is 8.45. The number of rotatable bonds is 6. The summed E-state index contributed by atoms with van der Waals surface area (Å²) < 4.78 is 0. The van der Waals surface area contributed by atoms with Crippen LogP contribution in [0.1, 0.15) is 47.0 Å². The highest BCUT2D eigenvalue weighted by atomic mass is 16.2. The lowest BCUT2D eigenvalue weighted by molar-refractivity contribution is 0.282. The number of nitrogens with one attached hydrogen (secondary N) is 1. The molecule has 0 saturated carbocycles. The zero-order chi connectivity index (χ0) is 9.82. The predicted molar refractivity (Wildman–Crippen MR) is 55.4 cm³/mol. The van der Waals surface area contributed by atoms with E-state index in [1.807, 2.05) is 13.8 Å². The molecule has 0 heterocycles. The van der Waals surface area contributed by atoms with Crippen molar-refractivity contribution in [1.29, 1.82) is 0 Å². The minimum absolute atomic E-state index is 0.335. The van der Waals surface area contributed by atoms with Crippen molar-refractivity contribution in [2.45, 2.75) is 53.0 Å². The number of aliphatic hydroxyl groups excluding tert-OH is 1. The molecule has 2 nitrogen and oxygen atoms in total. The molecule has 0 amide bonds. The third-order valence-corrected chi connectivity index (χ3v) is 1.39. The van der Waals surface area contributed by atoms with Crippen LogP contribution in [-0.4, -0.2) is 24.3 Å². The fourth-order valence-corrected chi connectivity index (χ4v) is 0.804. The molecule has 0 fully saturated rings. The lowest BCUT2D eigenvalue weighted by atomic mass is 10.2. The second-order valence-electron chi connectivity index (χ2n) is 2.89. The topological polar surface area (TPSA) is 32.3 Å². The highest BCUT2D eigenvalue weighted by molar-refractivity contribution is 4.52. The van der Waals surface area contributed by atoms with Gasteiger partial charge in [0.15, 0.2) is 0 Å². The summed E-state index contributed by atoms with van der Waals surface area (Å²) in [4.78, 5) is 0. The third-order valence-electron chi connectivity index (χ3n) is 1.39. The van der Waals surface area contributed by atoms with E-state index in [-0.39, 0.29) is 0 Å². The van der Waals surface area contributed by atoms with Crippen molar-refractivity contribution in [2.75, 3.05) is 13.2 Å². The molecule has 0 spiro atoms. The standard InChI is InChI=1S/C8H19NO.C2H6/c1-8(2)9-6-4-3-5-7-10;1-2/h8-10H,3-7H2,1-2H3;1-2H3. The van der Waals surface area contributed by atoms with Gasteiger partial charge in [0.2, 0.25) is 0 Å². The second kappa shape index (κ2) is 13.5. The quantitative estimate of drug-likeness (QED) is 0.606. The molecule has 0 aliphatic rings. The van der Waals surface area contributed by atoms with Gasteiger partial charge < -0.3 is 10.4 Å². The largest absolute Gasteiger partial charge is 0.396 e. The first-order valence-electron chi connectivity index (χ1n) is 5.11. The van der Waals surface area contributed by atoms with Gasteiger partial charge in [-0.2, -0.15) is 0 Å². The second-order valence-corrected chi connectivity index (χ2v) is 2.89. The van der Waals surface area contributed by atoms with Crippen LogP contribution in [0.5, 0.6) is 0 Å². The zero-order valence-electron chi connectivity index (χ0n) is 9.06. The highest BCUT2D eigenvalue weighted by Crippen LogP contribution is 1.92. The maximum Gasteiger partial charge on any atom is 0.0431 e. The van der Waals surface area contributed by atoms with E-state index in [1.165, 1.54) is 6.42 Å². The minimum atomic E-state index is 0.335. The number of aliphatic hydroxyl groups is 1. The van der Waals surface area contributed by atoms with Crippen LogP contribution in [0.25, 0.3) is 0 Å². The summed E-state index contributed by atoms with van der Waals surface area (Å²) in [5.41, 5.74) is 0. The van der Waals surface area contributed by atoms with Crippen LogP contribution in [0.15, 0.2) is 0 Å². The van der Waals surface area contributed by atoms with Gasteiger partial charge in [-0.1, -0.05) is 27.7 Å². The summed E-state index contributed by atoms with van der Waals surface area (Å²) in [6.45, 7) is 9.71. The molecular formula is C10H25NO. The van der Waals surface area contributed by atoms with E-state index in [2.05, 4.69) is 19.2 Å². The molecule has 0 bridgehead atoms. The van der Waals surface area contributed by atoms with Crippen molar-refractivity contribution < 1.29 is 5.11 Å². The molecule has 0 radical (unpaired) electrons. The predicted octanol–water partition coefficient (Wildman–Crippen LogP) is 2.17. The Bertz CT molecular complexity index is 64.9. The average Bonchev–Trinajstić information content (AvgIpc) is 2.07. The molecule has 0 rings (SSSR count). The van der Waals surface area contributed by atoms with Gasteiger partial charge in [-0.15, -0.1) is 0 Å². The van der Waals surface area contributed by atoms with E-state index in [9.17, 15) is 0 Å². The monoisotopic (exact) mass is 175 g/mol. The van der Waals surface area contributed by atoms with Gasteiger partial charge in [0, 0.05) is 12.6 Å². The van der Waals surface area contributed by atoms with Crippen LogP contribution in [0, 0.1) is 0 Å². The molecule has 2 N–H and O–H groups in total. The summed E-state index contributed by atoms with van der Waals surface area (Å²) >= 11 is 0. The Balaban J connectivity index is 0. The Kier molecular flexibility index (Phi) is 16.3. The highest BCUT2D eigenvalue weighted by Gasteiger charge is 1.90. The Hall–Kier alpha value is -0.0800. The third kappa shape index (κ3) is 16.5. The summed E-state index contributed by atoms with van der Waals surface area (Å²) in [5.74, 6) is 0. The van der Waals surface area contributed by atoms with Crippen molar-refractivity contribution in [2.24, 2.45) is 0 Å². The Morgan fingerprint density at radius 1 is 1.08 bits per heavy atom.